The molecule has 6 nitrogen and oxygen atoms in total. The van der Waals surface area contributed by atoms with Crippen LogP contribution < -0.4 is 16.0 Å². The first-order chi connectivity index (χ1) is 10.0. The molecule has 0 fully saturated rings. The molecule has 0 unspecified atom stereocenters. The van der Waals surface area contributed by atoms with Crippen molar-refractivity contribution in [3.05, 3.63) is 33.2 Å². The first-order valence-electron chi connectivity index (χ1n) is 6.41. The molecule has 2 rings (SSSR count). The average Bonchev–Trinajstić information content (AvgIpc) is 2.82. The van der Waals surface area contributed by atoms with Crippen LogP contribution in [0.5, 0.6) is 0 Å². The Morgan fingerprint density at radius 1 is 1.29 bits per heavy atom. The van der Waals surface area contributed by atoms with E-state index < -0.39 is 0 Å². The van der Waals surface area contributed by atoms with Gasteiger partial charge < -0.3 is 5.32 Å². The van der Waals surface area contributed by atoms with Crippen LogP contribution in [-0.2, 0) is 6.54 Å². The first-order valence-corrected chi connectivity index (χ1v) is 8.08. The van der Waals surface area contributed by atoms with Crippen LogP contribution in [0.1, 0.15) is 19.5 Å². The normalized spacial score (nSPS) is 10.7. The highest BCUT2D eigenvalue weighted by atomic mass is 79.9. The van der Waals surface area contributed by atoms with Crippen LogP contribution in [0.4, 0.5) is 16.4 Å². The minimum absolute atomic E-state index is 0.366. The summed E-state index contributed by atoms with van der Waals surface area (Å²) in [5.74, 6) is 1.01. The van der Waals surface area contributed by atoms with Gasteiger partial charge in [0.1, 0.15) is 11.6 Å². The lowest BCUT2D eigenvalue weighted by atomic mass is 10.3. The van der Waals surface area contributed by atoms with Gasteiger partial charge in [-0.15, -0.1) is 11.3 Å². The van der Waals surface area contributed by atoms with E-state index in [9.17, 15) is 4.79 Å². The second kappa shape index (κ2) is 7.48. The third-order valence-corrected chi connectivity index (χ3v) is 3.82. The molecule has 0 saturated heterocycles. The number of hydrogen-bond donors (Lipinski definition) is 3. The Labute approximate surface area is 135 Å². The predicted molar refractivity (Wildman–Crippen MR) is 88.7 cm³/mol. The van der Waals surface area contributed by atoms with Gasteiger partial charge in [0.15, 0.2) is 3.92 Å². The largest absolute Gasteiger partial charge is 0.326 e. The fourth-order valence-corrected chi connectivity index (χ4v) is 2.47. The van der Waals surface area contributed by atoms with Crippen LogP contribution in [-0.4, -0.2) is 22.0 Å². The summed E-state index contributed by atoms with van der Waals surface area (Å²) in [4.78, 5) is 20.3. The van der Waals surface area contributed by atoms with Crippen molar-refractivity contribution in [1.29, 1.82) is 0 Å². The molecule has 0 aliphatic heterocycles. The third-order valence-electron chi connectivity index (χ3n) is 2.46. The first kappa shape index (κ1) is 15.9. The molecule has 112 valence electrons. The zero-order valence-electron chi connectivity index (χ0n) is 11.7. The van der Waals surface area contributed by atoms with Crippen LogP contribution in [0, 0.1) is 0 Å². The average molecular weight is 370 g/mol. The van der Waals surface area contributed by atoms with Gasteiger partial charge in [-0.3, -0.25) is 10.6 Å². The Morgan fingerprint density at radius 3 is 2.71 bits per heavy atom. The Bertz CT molecular complexity index is 616. The van der Waals surface area contributed by atoms with Crippen LogP contribution in [0.2, 0.25) is 0 Å². The molecular weight excluding hydrogens is 354 g/mol. The second-order valence-electron chi connectivity index (χ2n) is 4.61. The minimum Gasteiger partial charge on any atom is -0.309 e. The van der Waals surface area contributed by atoms with Crippen LogP contribution >= 0.6 is 27.3 Å². The van der Waals surface area contributed by atoms with E-state index in [0.29, 0.717) is 24.2 Å². The standard InChI is InChI=1S/C13H16BrN5OS/c1-8(2)15-6-9-4-3-5-10(16-9)18-13(20)19-11-7-21-12(14)17-11/h3-5,7-8,15H,6H2,1-2H3,(H2,16,18,19,20). The zero-order valence-corrected chi connectivity index (χ0v) is 14.1. The third kappa shape index (κ3) is 5.41. The van der Waals surface area contributed by atoms with Crippen LogP contribution in [0.25, 0.3) is 0 Å². The summed E-state index contributed by atoms with van der Waals surface area (Å²) in [6.45, 7) is 4.80. The van der Waals surface area contributed by atoms with Gasteiger partial charge in [0.2, 0.25) is 0 Å². The maximum atomic E-state index is 11.8. The van der Waals surface area contributed by atoms with Crippen molar-refractivity contribution in [2.24, 2.45) is 0 Å². The highest BCUT2D eigenvalue weighted by molar-refractivity contribution is 9.11. The van der Waals surface area contributed by atoms with Gasteiger partial charge in [0.25, 0.3) is 0 Å². The van der Waals surface area contributed by atoms with Crippen molar-refractivity contribution in [3.63, 3.8) is 0 Å². The SMILES string of the molecule is CC(C)NCc1cccc(NC(=O)Nc2csc(Br)n2)n1. The summed E-state index contributed by atoms with van der Waals surface area (Å²) in [5, 5.41) is 10.4. The van der Waals surface area contributed by atoms with Crippen molar-refractivity contribution >= 4 is 44.9 Å². The lowest BCUT2D eigenvalue weighted by molar-refractivity contribution is 0.262. The molecule has 0 aromatic carbocycles. The van der Waals surface area contributed by atoms with Gasteiger partial charge in [-0.1, -0.05) is 19.9 Å². The second-order valence-corrected chi connectivity index (χ2v) is 6.75. The lowest BCUT2D eigenvalue weighted by Crippen LogP contribution is -2.23. The number of urea groups is 1. The van der Waals surface area contributed by atoms with E-state index in [-0.39, 0.29) is 6.03 Å². The van der Waals surface area contributed by atoms with Crippen molar-refractivity contribution in [2.75, 3.05) is 10.6 Å². The molecule has 2 amide bonds. The molecule has 2 heterocycles. The van der Waals surface area contributed by atoms with Gasteiger partial charge in [-0.2, -0.15) is 0 Å². The van der Waals surface area contributed by atoms with Gasteiger partial charge >= 0.3 is 6.03 Å². The number of pyridine rings is 1. The molecule has 8 heteroatoms. The zero-order chi connectivity index (χ0) is 15.2. The minimum atomic E-state index is -0.366. The van der Waals surface area contributed by atoms with Crippen molar-refractivity contribution in [2.45, 2.75) is 26.4 Å². The molecule has 2 aromatic heterocycles. The summed E-state index contributed by atoms with van der Waals surface area (Å²) in [6, 6.07) is 5.54. The quantitative estimate of drug-likeness (QED) is 0.753. The lowest BCUT2D eigenvalue weighted by Gasteiger charge is -2.09. The number of carbonyl (C=O) groups excluding carboxylic acids is 1. The predicted octanol–water partition coefficient (Wildman–Crippen LogP) is 3.44. The maximum Gasteiger partial charge on any atom is 0.326 e. The van der Waals surface area contributed by atoms with E-state index in [4.69, 9.17) is 0 Å². The molecule has 0 aliphatic carbocycles. The number of anilines is 2. The summed E-state index contributed by atoms with van der Waals surface area (Å²) in [7, 11) is 0. The summed E-state index contributed by atoms with van der Waals surface area (Å²) in [6.07, 6.45) is 0. The highest BCUT2D eigenvalue weighted by Gasteiger charge is 2.07. The molecule has 21 heavy (non-hydrogen) atoms. The Balaban J connectivity index is 1.92. The molecule has 2 aromatic rings. The molecule has 0 spiro atoms. The van der Waals surface area contributed by atoms with E-state index in [1.807, 2.05) is 12.1 Å². The number of aromatic nitrogens is 2. The molecule has 0 saturated carbocycles. The number of carbonyl (C=O) groups is 1. The Kier molecular flexibility index (Phi) is 5.66. The number of halogens is 1. The monoisotopic (exact) mass is 369 g/mol. The number of thiazole rings is 1. The number of nitrogens with one attached hydrogen (secondary N) is 3. The molecule has 0 radical (unpaired) electrons. The van der Waals surface area contributed by atoms with Gasteiger partial charge in [0.05, 0.1) is 5.69 Å². The smallest absolute Gasteiger partial charge is 0.309 e. The molecule has 0 aliphatic rings. The highest BCUT2D eigenvalue weighted by Crippen LogP contribution is 2.19. The molecule has 0 bridgehead atoms. The molecule has 3 N–H and O–H groups in total. The van der Waals surface area contributed by atoms with Gasteiger partial charge in [-0.05, 0) is 28.1 Å². The maximum absolute atomic E-state index is 11.8. The number of nitrogens with zero attached hydrogens (tertiary/aromatic N) is 2. The van der Waals surface area contributed by atoms with Gasteiger partial charge in [0, 0.05) is 18.0 Å². The van der Waals surface area contributed by atoms with E-state index in [1.165, 1.54) is 11.3 Å². The Hall–Kier alpha value is -1.51. The van der Waals surface area contributed by atoms with Crippen LogP contribution in [0.15, 0.2) is 27.5 Å². The van der Waals surface area contributed by atoms with Crippen LogP contribution in [0.3, 0.4) is 0 Å². The van der Waals surface area contributed by atoms with E-state index in [1.54, 1.807) is 11.4 Å². The topological polar surface area (TPSA) is 78.9 Å². The summed E-state index contributed by atoms with van der Waals surface area (Å²) >= 11 is 4.65. The number of amides is 2. The fraction of sp³-hybridized carbons (Fsp3) is 0.308. The fourth-order valence-electron chi connectivity index (χ4n) is 1.53. The summed E-state index contributed by atoms with van der Waals surface area (Å²) < 4.78 is 0.720. The summed E-state index contributed by atoms with van der Waals surface area (Å²) in [5.41, 5.74) is 0.873. The van der Waals surface area contributed by atoms with Crippen molar-refractivity contribution in [3.8, 4) is 0 Å². The molecule has 0 atom stereocenters. The van der Waals surface area contributed by atoms with E-state index in [0.717, 1.165) is 9.61 Å². The van der Waals surface area contributed by atoms with E-state index >= 15 is 0 Å². The van der Waals surface area contributed by atoms with Gasteiger partial charge in [-0.25, -0.2) is 14.8 Å². The van der Waals surface area contributed by atoms with E-state index in [2.05, 4.69) is 55.7 Å². The number of rotatable bonds is 5. The molecular formula is C13H16BrN5OS. The number of hydrogen-bond acceptors (Lipinski definition) is 5. The van der Waals surface area contributed by atoms with Crippen molar-refractivity contribution < 1.29 is 4.79 Å². The van der Waals surface area contributed by atoms with Crippen molar-refractivity contribution in [1.82, 2.24) is 15.3 Å². The Morgan fingerprint density at radius 2 is 2.05 bits per heavy atom.